The molecule has 1 rings (SSSR count). The first-order valence-electron chi connectivity index (χ1n) is 7.99. The Morgan fingerprint density at radius 1 is 1.14 bits per heavy atom. The summed E-state index contributed by atoms with van der Waals surface area (Å²) in [5.74, 6) is -1.31. The predicted octanol–water partition coefficient (Wildman–Crippen LogP) is 1.44. The normalized spacial score (nSPS) is 16.3. The van der Waals surface area contributed by atoms with Crippen LogP contribution in [0.3, 0.4) is 0 Å². The van der Waals surface area contributed by atoms with Gasteiger partial charge in [0.15, 0.2) is 0 Å². The van der Waals surface area contributed by atoms with Crippen molar-refractivity contribution in [1.29, 1.82) is 0 Å². The highest BCUT2D eigenvalue weighted by atomic mass is 16.5. The quantitative estimate of drug-likeness (QED) is 0.584. The van der Waals surface area contributed by atoms with Crippen LogP contribution in [-0.2, 0) is 19.1 Å². The van der Waals surface area contributed by atoms with Gasteiger partial charge in [0, 0.05) is 25.2 Å². The Kier molecular flexibility index (Phi) is 6.38. The molecular formula is C16H28N2O4. The fourth-order valence-electron chi connectivity index (χ4n) is 2.75. The zero-order chi connectivity index (χ0) is 16.9. The lowest BCUT2D eigenvalue weighted by atomic mass is 9.97. The second kappa shape index (κ2) is 7.61. The second-order valence-corrected chi connectivity index (χ2v) is 6.54. The lowest BCUT2D eigenvalue weighted by Crippen LogP contribution is -2.53. The summed E-state index contributed by atoms with van der Waals surface area (Å²) in [5, 5.41) is 0. The maximum atomic E-state index is 12.4. The van der Waals surface area contributed by atoms with Crippen LogP contribution in [0.1, 0.15) is 47.5 Å². The Morgan fingerprint density at radius 2 is 1.68 bits per heavy atom. The van der Waals surface area contributed by atoms with E-state index in [2.05, 4.69) is 0 Å². The molecule has 0 atom stereocenters. The smallest absolute Gasteiger partial charge is 0.312 e. The van der Waals surface area contributed by atoms with E-state index < -0.39 is 11.8 Å². The maximum absolute atomic E-state index is 12.4. The molecule has 0 aromatic heterocycles. The summed E-state index contributed by atoms with van der Waals surface area (Å²) in [4.78, 5) is 39.6. The van der Waals surface area contributed by atoms with Gasteiger partial charge in [0.1, 0.15) is 0 Å². The van der Waals surface area contributed by atoms with Gasteiger partial charge in [-0.1, -0.05) is 0 Å². The van der Waals surface area contributed by atoms with Gasteiger partial charge < -0.3 is 14.5 Å². The zero-order valence-corrected chi connectivity index (χ0v) is 14.3. The van der Waals surface area contributed by atoms with Crippen molar-refractivity contribution in [2.45, 2.75) is 53.0 Å². The number of nitrogens with zero attached hydrogens (tertiary/aromatic N) is 2. The van der Waals surface area contributed by atoms with Crippen LogP contribution in [0.25, 0.3) is 0 Å². The first-order valence-corrected chi connectivity index (χ1v) is 7.99. The topological polar surface area (TPSA) is 66.9 Å². The van der Waals surface area contributed by atoms with Crippen molar-refractivity contribution in [3.63, 3.8) is 0 Å². The predicted molar refractivity (Wildman–Crippen MR) is 83.1 cm³/mol. The van der Waals surface area contributed by atoms with Crippen LogP contribution < -0.4 is 0 Å². The van der Waals surface area contributed by atoms with Crippen LogP contribution in [0.2, 0.25) is 0 Å². The Labute approximate surface area is 132 Å². The molecule has 0 N–H and O–H groups in total. The standard InChI is InChI=1S/C16H28N2O4/c1-6-18(16(3,4)5)14(20)13(19)17-10-8-12(9-11-17)15(21)22-7-2/h12H,6-11H2,1-5H3. The SMILES string of the molecule is CCOC(=O)C1CCN(C(=O)C(=O)N(CC)C(C)(C)C)CC1. The Morgan fingerprint density at radius 3 is 2.09 bits per heavy atom. The molecule has 0 radical (unpaired) electrons. The van der Waals surface area contributed by atoms with E-state index in [0.29, 0.717) is 39.1 Å². The number of carbonyl (C=O) groups is 3. The largest absolute Gasteiger partial charge is 0.466 e. The minimum atomic E-state index is -0.473. The van der Waals surface area contributed by atoms with Crippen LogP contribution >= 0.6 is 0 Å². The third kappa shape index (κ3) is 4.45. The molecule has 0 unspecified atom stereocenters. The highest BCUT2D eigenvalue weighted by Gasteiger charge is 2.35. The minimum absolute atomic E-state index is 0.163. The molecule has 0 aliphatic carbocycles. The third-order valence-corrected chi connectivity index (χ3v) is 3.96. The summed E-state index contributed by atoms with van der Waals surface area (Å²) in [6, 6.07) is 0. The van der Waals surface area contributed by atoms with Gasteiger partial charge >= 0.3 is 17.8 Å². The molecule has 22 heavy (non-hydrogen) atoms. The molecule has 0 bridgehead atoms. The first kappa shape index (κ1) is 18.5. The van der Waals surface area contributed by atoms with Crippen molar-refractivity contribution < 1.29 is 19.1 Å². The van der Waals surface area contributed by atoms with Crippen LogP contribution in [0, 0.1) is 5.92 Å². The van der Waals surface area contributed by atoms with Gasteiger partial charge in [-0.2, -0.15) is 0 Å². The van der Waals surface area contributed by atoms with E-state index in [4.69, 9.17) is 4.74 Å². The lowest BCUT2D eigenvalue weighted by Gasteiger charge is -2.37. The minimum Gasteiger partial charge on any atom is -0.466 e. The van der Waals surface area contributed by atoms with Crippen molar-refractivity contribution in [1.82, 2.24) is 9.80 Å². The second-order valence-electron chi connectivity index (χ2n) is 6.54. The molecule has 1 fully saturated rings. The molecule has 6 nitrogen and oxygen atoms in total. The van der Waals surface area contributed by atoms with E-state index in [1.807, 2.05) is 27.7 Å². The van der Waals surface area contributed by atoms with Gasteiger partial charge in [0.2, 0.25) is 0 Å². The number of hydrogen-bond donors (Lipinski definition) is 0. The molecule has 0 saturated carbocycles. The molecule has 1 aliphatic heterocycles. The van der Waals surface area contributed by atoms with Gasteiger partial charge in [-0.3, -0.25) is 14.4 Å². The van der Waals surface area contributed by atoms with Crippen LogP contribution in [0.5, 0.6) is 0 Å². The molecule has 0 aromatic carbocycles. The fraction of sp³-hybridized carbons (Fsp3) is 0.812. The van der Waals surface area contributed by atoms with Gasteiger partial charge in [0.05, 0.1) is 12.5 Å². The van der Waals surface area contributed by atoms with Crippen molar-refractivity contribution in [3.8, 4) is 0 Å². The number of piperidine rings is 1. The van der Waals surface area contributed by atoms with Crippen molar-refractivity contribution in [3.05, 3.63) is 0 Å². The summed E-state index contributed by atoms with van der Waals surface area (Å²) < 4.78 is 5.01. The van der Waals surface area contributed by atoms with Crippen molar-refractivity contribution >= 4 is 17.8 Å². The molecule has 126 valence electrons. The Hall–Kier alpha value is -1.59. The van der Waals surface area contributed by atoms with E-state index in [1.165, 1.54) is 0 Å². The number of hydrogen-bond acceptors (Lipinski definition) is 4. The van der Waals surface area contributed by atoms with Crippen molar-refractivity contribution in [2.75, 3.05) is 26.2 Å². The number of rotatable bonds is 3. The Bertz CT molecular complexity index is 420. The molecule has 2 amide bonds. The first-order chi connectivity index (χ1) is 10.2. The molecule has 1 heterocycles. The molecular weight excluding hydrogens is 284 g/mol. The van der Waals surface area contributed by atoms with E-state index in [0.717, 1.165) is 0 Å². The number of esters is 1. The molecule has 6 heteroatoms. The molecule has 1 saturated heterocycles. The van der Waals surface area contributed by atoms with Crippen LogP contribution in [-0.4, -0.2) is 59.4 Å². The Balaban J connectivity index is 2.62. The number of carbonyl (C=O) groups excluding carboxylic acids is 3. The van der Waals surface area contributed by atoms with Gasteiger partial charge in [-0.15, -0.1) is 0 Å². The van der Waals surface area contributed by atoms with E-state index in [-0.39, 0.29) is 17.4 Å². The maximum Gasteiger partial charge on any atom is 0.312 e. The summed E-state index contributed by atoms with van der Waals surface area (Å²) in [7, 11) is 0. The zero-order valence-electron chi connectivity index (χ0n) is 14.3. The van der Waals surface area contributed by atoms with Gasteiger partial charge in [-0.05, 0) is 47.5 Å². The summed E-state index contributed by atoms with van der Waals surface area (Å²) in [6.07, 6.45) is 1.11. The number of likely N-dealkylation sites (tertiary alicyclic amines) is 1. The van der Waals surface area contributed by atoms with E-state index >= 15 is 0 Å². The van der Waals surface area contributed by atoms with Crippen molar-refractivity contribution in [2.24, 2.45) is 5.92 Å². The van der Waals surface area contributed by atoms with Gasteiger partial charge in [0.25, 0.3) is 0 Å². The average molecular weight is 312 g/mol. The van der Waals surface area contributed by atoms with E-state index in [1.54, 1.807) is 16.7 Å². The van der Waals surface area contributed by atoms with Crippen LogP contribution in [0.4, 0.5) is 0 Å². The summed E-state index contributed by atoms with van der Waals surface area (Å²) >= 11 is 0. The summed E-state index contributed by atoms with van der Waals surface area (Å²) in [5.41, 5.74) is -0.384. The van der Waals surface area contributed by atoms with Gasteiger partial charge in [-0.25, -0.2) is 0 Å². The number of likely N-dealkylation sites (N-methyl/N-ethyl adjacent to an activating group) is 1. The fourth-order valence-corrected chi connectivity index (χ4v) is 2.75. The number of amides is 2. The molecule has 0 aromatic rings. The monoisotopic (exact) mass is 312 g/mol. The van der Waals surface area contributed by atoms with E-state index in [9.17, 15) is 14.4 Å². The van der Waals surface area contributed by atoms with Crippen LogP contribution in [0.15, 0.2) is 0 Å². The number of ether oxygens (including phenoxy) is 1. The average Bonchev–Trinajstić information content (AvgIpc) is 2.46. The highest BCUT2D eigenvalue weighted by Crippen LogP contribution is 2.20. The third-order valence-electron chi connectivity index (χ3n) is 3.96. The summed E-state index contributed by atoms with van der Waals surface area (Å²) in [6.45, 7) is 11.1. The molecule has 1 aliphatic rings. The highest BCUT2D eigenvalue weighted by molar-refractivity contribution is 6.35. The lowest BCUT2D eigenvalue weighted by molar-refractivity contribution is -0.157. The molecule has 0 spiro atoms.